The Morgan fingerprint density at radius 2 is 2.25 bits per heavy atom. The van der Waals surface area contributed by atoms with E-state index in [1.807, 2.05) is 0 Å². The molecule has 0 aromatic carbocycles. The molecule has 0 aliphatic heterocycles. The van der Waals surface area contributed by atoms with Crippen LogP contribution in [0.4, 0.5) is 0 Å². The second-order valence-electron chi connectivity index (χ2n) is 4.52. The third-order valence-corrected chi connectivity index (χ3v) is 5.86. The van der Waals surface area contributed by atoms with Crippen LogP contribution in [0.3, 0.4) is 0 Å². The SMILES string of the molecule is CC(O)CNC(=O)CCCN(C)S(=O)(=O)c1cccs1. The summed E-state index contributed by atoms with van der Waals surface area (Å²) >= 11 is 1.17. The van der Waals surface area contributed by atoms with Crippen LogP contribution < -0.4 is 5.32 Å². The molecule has 114 valence electrons. The summed E-state index contributed by atoms with van der Waals surface area (Å²) in [5.74, 6) is -0.187. The molecule has 1 heterocycles. The normalized spacial score (nSPS) is 13.4. The van der Waals surface area contributed by atoms with Crippen LogP contribution in [-0.4, -0.2) is 50.0 Å². The van der Waals surface area contributed by atoms with Crippen LogP contribution in [0.1, 0.15) is 19.8 Å². The number of carbonyl (C=O) groups excluding carboxylic acids is 1. The van der Waals surface area contributed by atoms with E-state index in [-0.39, 0.29) is 25.4 Å². The van der Waals surface area contributed by atoms with E-state index >= 15 is 0 Å². The fraction of sp³-hybridized carbons (Fsp3) is 0.583. The Morgan fingerprint density at radius 3 is 2.80 bits per heavy atom. The lowest BCUT2D eigenvalue weighted by Gasteiger charge is -2.15. The fourth-order valence-corrected chi connectivity index (χ4v) is 3.91. The molecule has 1 atom stereocenters. The van der Waals surface area contributed by atoms with Crippen molar-refractivity contribution in [2.45, 2.75) is 30.1 Å². The van der Waals surface area contributed by atoms with Crippen LogP contribution in [0.25, 0.3) is 0 Å². The minimum absolute atomic E-state index is 0.187. The lowest BCUT2D eigenvalue weighted by Crippen LogP contribution is -2.32. The minimum atomic E-state index is -3.44. The maximum absolute atomic E-state index is 12.1. The van der Waals surface area contributed by atoms with Crippen LogP contribution in [0.15, 0.2) is 21.7 Å². The number of carbonyl (C=O) groups is 1. The smallest absolute Gasteiger partial charge is 0.252 e. The second-order valence-corrected chi connectivity index (χ2v) is 7.73. The highest BCUT2D eigenvalue weighted by Gasteiger charge is 2.21. The Kier molecular flexibility index (Phi) is 6.60. The summed E-state index contributed by atoms with van der Waals surface area (Å²) in [5, 5.41) is 13.3. The van der Waals surface area contributed by atoms with Crippen molar-refractivity contribution < 1.29 is 18.3 Å². The number of hydrogen-bond acceptors (Lipinski definition) is 5. The third kappa shape index (κ3) is 5.20. The highest BCUT2D eigenvalue weighted by molar-refractivity contribution is 7.91. The first kappa shape index (κ1) is 17.1. The predicted molar refractivity (Wildman–Crippen MR) is 78.1 cm³/mol. The molecule has 1 rings (SSSR count). The van der Waals surface area contributed by atoms with Gasteiger partial charge in [0.05, 0.1) is 6.10 Å². The molecule has 1 aromatic rings. The number of aliphatic hydroxyl groups is 1. The Morgan fingerprint density at radius 1 is 1.55 bits per heavy atom. The van der Waals surface area contributed by atoms with Crippen molar-refractivity contribution in [3.05, 3.63) is 17.5 Å². The van der Waals surface area contributed by atoms with E-state index in [0.717, 1.165) is 0 Å². The third-order valence-electron chi connectivity index (χ3n) is 2.63. The van der Waals surface area contributed by atoms with Gasteiger partial charge in [-0.1, -0.05) is 6.07 Å². The van der Waals surface area contributed by atoms with Gasteiger partial charge in [-0.25, -0.2) is 12.7 Å². The van der Waals surface area contributed by atoms with E-state index in [2.05, 4.69) is 5.32 Å². The van der Waals surface area contributed by atoms with Crippen LogP contribution in [0.5, 0.6) is 0 Å². The minimum Gasteiger partial charge on any atom is -0.392 e. The average Bonchev–Trinajstić information content (AvgIpc) is 2.90. The monoisotopic (exact) mass is 320 g/mol. The van der Waals surface area contributed by atoms with Crippen molar-refractivity contribution in [1.82, 2.24) is 9.62 Å². The lowest BCUT2D eigenvalue weighted by atomic mass is 10.3. The zero-order chi connectivity index (χ0) is 15.2. The van der Waals surface area contributed by atoms with Gasteiger partial charge in [-0.3, -0.25) is 4.79 Å². The quantitative estimate of drug-likeness (QED) is 0.736. The van der Waals surface area contributed by atoms with Crippen molar-refractivity contribution in [2.75, 3.05) is 20.1 Å². The summed E-state index contributed by atoms with van der Waals surface area (Å²) in [7, 11) is -1.94. The van der Waals surface area contributed by atoms with Gasteiger partial charge in [0.2, 0.25) is 5.91 Å². The summed E-state index contributed by atoms with van der Waals surface area (Å²) in [6, 6.07) is 3.25. The first-order chi connectivity index (χ1) is 9.34. The van der Waals surface area contributed by atoms with Crippen LogP contribution in [0, 0.1) is 0 Å². The second kappa shape index (κ2) is 7.72. The summed E-state index contributed by atoms with van der Waals surface area (Å²) < 4.78 is 25.7. The Balaban J connectivity index is 2.37. The van der Waals surface area contributed by atoms with Gasteiger partial charge < -0.3 is 10.4 Å². The van der Waals surface area contributed by atoms with Crippen molar-refractivity contribution >= 4 is 27.3 Å². The number of sulfonamides is 1. The molecule has 0 saturated heterocycles. The number of thiophene rings is 1. The Bertz CT molecular complexity index is 512. The molecule has 1 aromatic heterocycles. The molecule has 0 bridgehead atoms. The van der Waals surface area contributed by atoms with E-state index in [4.69, 9.17) is 5.11 Å². The van der Waals surface area contributed by atoms with Crippen LogP contribution in [-0.2, 0) is 14.8 Å². The fourth-order valence-electron chi connectivity index (χ4n) is 1.50. The van der Waals surface area contributed by atoms with Crippen molar-refractivity contribution in [3.8, 4) is 0 Å². The summed E-state index contributed by atoms with van der Waals surface area (Å²) in [5.41, 5.74) is 0. The highest BCUT2D eigenvalue weighted by atomic mass is 32.2. The number of amides is 1. The molecule has 6 nitrogen and oxygen atoms in total. The van der Waals surface area contributed by atoms with Crippen molar-refractivity contribution in [3.63, 3.8) is 0 Å². The molecule has 1 unspecified atom stereocenters. The predicted octanol–water partition coefficient (Wildman–Crippen LogP) is 0.646. The molecular formula is C12H20N2O4S2. The zero-order valence-electron chi connectivity index (χ0n) is 11.6. The first-order valence-electron chi connectivity index (χ1n) is 6.28. The molecule has 1 amide bonds. The number of aliphatic hydroxyl groups excluding tert-OH is 1. The average molecular weight is 320 g/mol. The van der Waals surface area contributed by atoms with E-state index in [1.165, 1.54) is 22.7 Å². The standard InChI is InChI=1S/C12H20N2O4S2/c1-10(15)9-13-11(16)5-3-7-14(2)20(17,18)12-6-4-8-19-12/h4,6,8,10,15H,3,5,7,9H2,1-2H3,(H,13,16). The molecule has 0 fully saturated rings. The van der Waals surface area contributed by atoms with E-state index in [1.54, 1.807) is 24.4 Å². The molecule has 0 saturated carbocycles. The number of hydrogen-bond donors (Lipinski definition) is 2. The topological polar surface area (TPSA) is 86.7 Å². The number of nitrogens with zero attached hydrogens (tertiary/aromatic N) is 1. The van der Waals surface area contributed by atoms with Crippen LogP contribution in [0.2, 0.25) is 0 Å². The maximum Gasteiger partial charge on any atom is 0.252 e. The maximum atomic E-state index is 12.1. The molecule has 2 N–H and O–H groups in total. The van der Waals surface area contributed by atoms with Gasteiger partial charge in [0.25, 0.3) is 10.0 Å². The molecule has 8 heteroatoms. The van der Waals surface area contributed by atoms with Gasteiger partial charge in [0.15, 0.2) is 0 Å². The summed E-state index contributed by atoms with van der Waals surface area (Å²) in [6.45, 7) is 2.08. The largest absolute Gasteiger partial charge is 0.392 e. The first-order valence-corrected chi connectivity index (χ1v) is 8.60. The number of rotatable bonds is 8. The van der Waals surface area contributed by atoms with Gasteiger partial charge in [-0.15, -0.1) is 11.3 Å². The number of nitrogens with one attached hydrogen (secondary N) is 1. The van der Waals surface area contributed by atoms with Crippen molar-refractivity contribution in [1.29, 1.82) is 0 Å². The molecule has 20 heavy (non-hydrogen) atoms. The Labute approximate surface area is 123 Å². The molecule has 0 spiro atoms. The molecule has 0 aliphatic carbocycles. The van der Waals surface area contributed by atoms with Crippen molar-refractivity contribution in [2.24, 2.45) is 0 Å². The summed E-state index contributed by atoms with van der Waals surface area (Å²) in [6.07, 6.45) is 0.0878. The molecular weight excluding hydrogens is 300 g/mol. The lowest BCUT2D eigenvalue weighted by molar-refractivity contribution is -0.121. The molecule has 0 aliphatic rings. The highest BCUT2D eigenvalue weighted by Crippen LogP contribution is 2.19. The molecule has 0 radical (unpaired) electrons. The van der Waals surface area contributed by atoms with Crippen LogP contribution >= 0.6 is 11.3 Å². The van der Waals surface area contributed by atoms with E-state index in [9.17, 15) is 13.2 Å². The van der Waals surface area contributed by atoms with Gasteiger partial charge in [0.1, 0.15) is 4.21 Å². The van der Waals surface area contributed by atoms with E-state index < -0.39 is 16.1 Å². The zero-order valence-corrected chi connectivity index (χ0v) is 13.2. The Hall–Kier alpha value is -0.960. The summed E-state index contributed by atoms with van der Waals surface area (Å²) in [4.78, 5) is 11.4. The van der Waals surface area contributed by atoms with Gasteiger partial charge in [-0.05, 0) is 24.8 Å². The van der Waals surface area contributed by atoms with Gasteiger partial charge in [-0.2, -0.15) is 0 Å². The van der Waals surface area contributed by atoms with Gasteiger partial charge >= 0.3 is 0 Å². The van der Waals surface area contributed by atoms with Gasteiger partial charge in [0, 0.05) is 26.6 Å². The van der Waals surface area contributed by atoms with E-state index in [0.29, 0.717) is 10.6 Å².